The second-order valence-electron chi connectivity index (χ2n) is 6.73. The zero-order valence-electron chi connectivity index (χ0n) is 16.3. The SMILES string of the molecule is COC(C(=O)N[C@H](C(=O)N[C@H](CCC(=O)O)C(=O)O)C(C)C)c1ccc(Cl)cc1. The lowest BCUT2D eigenvalue weighted by molar-refractivity contribution is -0.144. The third-order valence-corrected chi connectivity index (χ3v) is 4.41. The molecule has 0 aliphatic rings. The fraction of sp³-hybridized carbons (Fsp3) is 0.474. The molecule has 9 nitrogen and oxygen atoms in total. The van der Waals surface area contributed by atoms with E-state index in [9.17, 15) is 24.3 Å². The molecule has 0 aromatic heterocycles. The molecule has 0 heterocycles. The number of halogens is 1. The number of methoxy groups -OCH3 is 1. The summed E-state index contributed by atoms with van der Waals surface area (Å²) in [6, 6.07) is 4.01. The molecule has 2 amide bonds. The maximum absolute atomic E-state index is 12.7. The number of carboxylic acids is 2. The van der Waals surface area contributed by atoms with E-state index < -0.39 is 48.4 Å². The molecule has 0 fully saturated rings. The molecule has 1 aromatic rings. The normalized spacial score (nSPS) is 14.0. The number of nitrogens with one attached hydrogen (secondary N) is 2. The van der Waals surface area contributed by atoms with E-state index in [4.69, 9.17) is 21.4 Å². The van der Waals surface area contributed by atoms with Crippen LogP contribution < -0.4 is 10.6 Å². The van der Waals surface area contributed by atoms with Crippen LogP contribution in [-0.2, 0) is 23.9 Å². The third kappa shape index (κ3) is 7.71. The average Bonchev–Trinajstić information content (AvgIpc) is 2.64. The van der Waals surface area contributed by atoms with E-state index in [-0.39, 0.29) is 12.3 Å². The number of hydrogen-bond acceptors (Lipinski definition) is 5. The molecule has 0 bridgehead atoms. The van der Waals surface area contributed by atoms with Gasteiger partial charge in [-0.15, -0.1) is 0 Å². The summed E-state index contributed by atoms with van der Waals surface area (Å²) in [5.74, 6) is -4.21. The van der Waals surface area contributed by atoms with Crippen molar-refractivity contribution in [1.29, 1.82) is 0 Å². The highest BCUT2D eigenvalue weighted by atomic mass is 35.5. The Balaban J connectivity index is 2.90. The van der Waals surface area contributed by atoms with Crippen molar-refractivity contribution < 1.29 is 34.1 Å². The molecule has 3 atom stereocenters. The average molecular weight is 429 g/mol. The summed E-state index contributed by atoms with van der Waals surface area (Å²) in [6.45, 7) is 3.36. The van der Waals surface area contributed by atoms with Crippen LogP contribution in [0.1, 0.15) is 38.4 Å². The Kier molecular flexibility index (Phi) is 9.57. The Bertz CT molecular complexity index is 737. The van der Waals surface area contributed by atoms with Crippen LogP contribution in [0.3, 0.4) is 0 Å². The second kappa shape index (κ2) is 11.4. The van der Waals surface area contributed by atoms with Crippen LogP contribution in [0.15, 0.2) is 24.3 Å². The molecule has 0 saturated carbocycles. The van der Waals surface area contributed by atoms with E-state index in [0.29, 0.717) is 10.6 Å². The molecule has 160 valence electrons. The summed E-state index contributed by atoms with van der Waals surface area (Å²) >= 11 is 5.85. The molecule has 0 aliphatic heterocycles. The number of carbonyl (C=O) groups is 4. The van der Waals surface area contributed by atoms with Crippen LogP contribution in [-0.4, -0.2) is 53.2 Å². The van der Waals surface area contributed by atoms with Crippen molar-refractivity contribution in [2.45, 2.75) is 44.9 Å². The van der Waals surface area contributed by atoms with Gasteiger partial charge in [-0.1, -0.05) is 37.6 Å². The van der Waals surface area contributed by atoms with Crippen molar-refractivity contribution in [3.05, 3.63) is 34.9 Å². The van der Waals surface area contributed by atoms with Gasteiger partial charge in [0.25, 0.3) is 5.91 Å². The number of carbonyl (C=O) groups excluding carboxylic acids is 2. The van der Waals surface area contributed by atoms with Gasteiger partial charge in [-0.05, 0) is 30.0 Å². The first kappa shape index (κ1) is 24.4. The Hall–Kier alpha value is -2.65. The molecule has 1 rings (SSSR count). The summed E-state index contributed by atoms with van der Waals surface area (Å²) in [4.78, 5) is 47.2. The van der Waals surface area contributed by atoms with E-state index in [1.54, 1.807) is 38.1 Å². The van der Waals surface area contributed by atoms with Gasteiger partial charge in [0.1, 0.15) is 12.1 Å². The van der Waals surface area contributed by atoms with Gasteiger partial charge < -0.3 is 25.6 Å². The van der Waals surface area contributed by atoms with Crippen LogP contribution in [0.2, 0.25) is 5.02 Å². The van der Waals surface area contributed by atoms with Gasteiger partial charge in [0.15, 0.2) is 6.10 Å². The number of amides is 2. The number of hydrogen-bond donors (Lipinski definition) is 4. The van der Waals surface area contributed by atoms with Gasteiger partial charge >= 0.3 is 11.9 Å². The highest BCUT2D eigenvalue weighted by Gasteiger charge is 2.31. The molecular weight excluding hydrogens is 404 g/mol. The number of carboxylic acid groups (broad SMARTS) is 2. The lowest BCUT2D eigenvalue weighted by Gasteiger charge is -2.26. The zero-order chi connectivity index (χ0) is 22.1. The Morgan fingerprint density at radius 1 is 1.03 bits per heavy atom. The minimum absolute atomic E-state index is 0.277. The summed E-state index contributed by atoms with van der Waals surface area (Å²) in [5, 5.41) is 23.3. The number of ether oxygens (including phenoxy) is 1. The predicted octanol–water partition coefficient (Wildman–Crippen LogP) is 1.60. The topological polar surface area (TPSA) is 142 Å². The van der Waals surface area contributed by atoms with Crippen molar-refractivity contribution in [1.82, 2.24) is 10.6 Å². The molecule has 1 aromatic carbocycles. The number of aliphatic carboxylic acids is 2. The van der Waals surface area contributed by atoms with Crippen LogP contribution >= 0.6 is 11.6 Å². The lowest BCUT2D eigenvalue weighted by atomic mass is 10.0. The minimum atomic E-state index is -1.38. The van der Waals surface area contributed by atoms with Crippen LogP contribution in [0.5, 0.6) is 0 Å². The van der Waals surface area contributed by atoms with Crippen molar-refractivity contribution in [3.63, 3.8) is 0 Å². The fourth-order valence-corrected chi connectivity index (χ4v) is 2.71. The molecule has 10 heteroatoms. The van der Waals surface area contributed by atoms with Crippen molar-refractivity contribution in [2.24, 2.45) is 5.92 Å². The quantitative estimate of drug-likeness (QED) is 0.419. The summed E-state index contributed by atoms with van der Waals surface area (Å²) < 4.78 is 5.24. The molecular formula is C19H25ClN2O7. The maximum atomic E-state index is 12.7. The van der Waals surface area contributed by atoms with Crippen molar-refractivity contribution in [3.8, 4) is 0 Å². The summed E-state index contributed by atoms with van der Waals surface area (Å²) in [5.41, 5.74) is 0.530. The van der Waals surface area contributed by atoms with Gasteiger partial charge in [-0.25, -0.2) is 4.79 Å². The van der Waals surface area contributed by atoms with Gasteiger partial charge in [0.05, 0.1) is 0 Å². The largest absolute Gasteiger partial charge is 0.481 e. The standard InChI is InChI=1S/C19H25ClN2O7/c1-10(2)15(17(25)21-13(19(27)28)8-9-14(23)24)22-18(26)16(29-3)11-4-6-12(20)7-5-11/h4-7,10,13,15-16H,8-9H2,1-3H3,(H,21,25)(H,22,26)(H,23,24)(H,27,28)/t13-,15+,16?/m1/s1. The number of benzene rings is 1. The first-order chi connectivity index (χ1) is 13.6. The molecule has 1 unspecified atom stereocenters. The Morgan fingerprint density at radius 2 is 1.62 bits per heavy atom. The van der Waals surface area contributed by atoms with E-state index in [1.165, 1.54) is 7.11 Å². The van der Waals surface area contributed by atoms with Crippen LogP contribution in [0, 0.1) is 5.92 Å². The molecule has 0 saturated heterocycles. The second-order valence-corrected chi connectivity index (χ2v) is 7.17. The smallest absolute Gasteiger partial charge is 0.326 e. The van der Waals surface area contributed by atoms with E-state index in [0.717, 1.165) is 0 Å². The molecule has 0 aliphatic carbocycles. The van der Waals surface area contributed by atoms with Crippen LogP contribution in [0.4, 0.5) is 0 Å². The molecule has 29 heavy (non-hydrogen) atoms. The Morgan fingerprint density at radius 3 is 2.07 bits per heavy atom. The monoisotopic (exact) mass is 428 g/mol. The van der Waals surface area contributed by atoms with Crippen molar-refractivity contribution >= 4 is 35.4 Å². The van der Waals surface area contributed by atoms with E-state index >= 15 is 0 Å². The van der Waals surface area contributed by atoms with Crippen LogP contribution in [0.25, 0.3) is 0 Å². The predicted molar refractivity (Wildman–Crippen MR) is 104 cm³/mol. The molecule has 0 radical (unpaired) electrons. The molecule has 0 spiro atoms. The van der Waals surface area contributed by atoms with Gasteiger partial charge in [0.2, 0.25) is 5.91 Å². The number of rotatable bonds is 11. The third-order valence-electron chi connectivity index (χ3n) is 4.15. The lowest BCUT2D eigenvalue weighted by Crippen LogP contribution is -2.54. The van der Waals surface area contributed by atoms with Gasteiger partial charge in [-0.3, -0.25) is 14.4 Å². The van der Waals surface area contributed by atoms with Gasteiger partial charge in [-0.2, -0.15) is 0 Å². The highest BCUT2D eigenvalue weighted by Crippen LogP contribution is 2.20. The maximum Gasteiger partial charge on any atom is 0.326 e. The first-order valence-corrected chi connectivity index (χ1v) is 9.28. The summed E-state index contributed by atoms with van der Waals surface area (Å²) in [7, 11) is 1.34. The minimum Gasteiger partial charge on any atom is -0.481 e. The summed E-state index contributed by atoms with van der Waals surface area (Å²) in [6.07, 6.45) is -1.69. The van der Waals surface area contributed by atoms with E-state index in [1.807, 2.05) is 0 Å². The highest BCUT2D eigenvalue weighted by molar-refractivity contribution is 6.30. The molecule has 4 N–H and O–H groups in total. The Labute approximate surface area is 173 Å². The first-order valence-electron chi connectivity index (χ1n) is 8.90. The zero-order valence-corrected chi connectivity index (χ0v) is 17.1. The fourth-order valence-electron chi connectivity index (χ4n) is 2.58. The van der Waals surface area contributed by atoms with Crippen molar-refractivity contribution in [2.75, 3.05) is 7.11 Å². The van der Waals surface area contributed by atoms with Gasteiger partial charge in [0, 0.05) is 18.6 Å². The van der Waals surface area contributed by atoms with E-state index in [2.05, 4.69) is 10.6 Å².